The number of fused-ring (bicyclic) bond motifs is 1. The second-order valence-corrected chi connectivity index (χ2v) is 8.09. The van der Waals surface area contributed by atoms with Crippen molar-refractivity contribution in [3.05, 3.63) is 83.7 Å². The van der Waals surface area contributed by atoms with Crippen molar-refractivity contribution in [1.29, 1.82) is 0 Å². The average Bonchev–Trinajstić information content (AvgIpc) is 3.47. The minimum absolute atomic E-state index is 0.247. The number of aromatic nitrogens is 2. The van der Waals surface area contributed by atoms with Crippen LogP contribution in [0.1, 0.15) is 29.3 Å². The molecule has 2 aromatic carbocycles. The van der Waals surface area contributed by atoms with Crippen LogP contribution in [0.5, 0.6) is 5.75 Å². The fraction of sp³-hybridized carbons (Fsp3) is 0.240. The first kappa shape index (κ1) is 21.1. The summed E-state index contributed by atoms with van der Waals surface area (Å²) in [6, 6.07) is 11.4. The van der Waals surface area contributed by atoms with Crippen molar-refractivity contribution in [2.24, 2.45) is 4.99 Å². The van der Waals surface area contributed by atoms with Crippen LogP contribution in [-0.4, -0.2) is 51.5 Å². The summed E-state index contributed by atoms with van der Waals surface area (Å²) in [5.74, 6) is 0.749. The van der Waals surface area contributed by atoms with Gasteiger partial charge in [-0.25, -0.2) is 14.4 Å². The smallest absolute Gasteiger partial charge is 0.271 e. The van der Waals surface area contributed by atoms with E-state index in [1.165, 1.54) is 12.1 Å². The molecule has 0 N–H and O–H groups in total. The van der Waals surface area contributed by atoms with Gasteiger partial charge in [-0.15, -0.1) is 0 Å². The SMILES string of the molecule is COc1cc(/C=C/C2=NC(=O)C(c3ccc(F)cc3)N3CCCN23)ccc1-n1cnc(C)c1. The Morgan fingerprint density at radius 2 is 1.94 bits per heavy atom. The highest BCUT2D eigenvalue weighted by molar-refractivity contribution is 6.06. The number of aryl methyl sites for hydroxylation is 1. The Hall–Kier alpha value is -3.78. The molecule has 1 saturated heterocycles. The number of hydrogen-bond donors (Lipinski definition) is 0. The van der Waals surface area contributed by atoms with Crippen LogP contribution in [0, 0.1) is 12.7 Å². The summed E-state index contributed by atoms with van der Waals surface area (Å²) in [5, 5.41) is 4.05. The summed E-state index contributed by atoms with van der Waals surface area (Å²) >= 11 is 0. The Morgan fingerprint density at radius 1 is 1.12 bits per heavy atom. The van der Waals surface area contributed by atoms with Crippen molar-refractivity contribution in [2.45, 2.75) is 19.4 Å². The standard InChI is InChI=1S/C25H24FN5O2/c1-17-15-29(16-27-17)21-10-4-18(14-22(21)33-2)5-11-23-28-25(32)24(31-13-3-12-30(23)31)19-6-8-20(26)9-7-19/h4-11,14-16,24H,3,12-13H2,1-2H3/b11-5+. The molecular formula is C25H24FN5O2. The number of nitrogens with zero attached hydrogens (tertiary/aromatic N) is 5. The summed E-state index contributed by atoms with van der Waals surface area (Å²) in [6.07, 6.45) is 8.39. The molecule has 5 rings (SSSR count). The largest absolute Gasteiger partial charge is 0.495 e. The van der Waals surface area contributed by atoms with E-state index >= 15 is 0 Å². The molecule has 1 atom stereocenters. The zero-order valence-corrected chi connectivity index (χ0v) is 18.5. The van der Waals surface area contributed by atoms with Crippen LogP contribution >= 0.6 is 0 Å². The third kappa shape index (κ3) is 4.05. The molecule has 2 aliphatic rings. The Labute approximate surface area is 191 Å². The molecule has 7 nitrogen and oxygen atoms in total. The molecule has 8 heteroatoms. The Kier molecular flexibility index (Phi) is 5.51. The molecule has 0 radical (unpaired) electrons. The van der Waals surface area contributed by atoms with Crippen LogP contribution in [0.4, 0.5) is 4.39 Å². The number of aliphatic imine (C=N–C) groups is 1. The molecule has 1 unspecified atom stereocenters. The highest BCUT2D eigenvalue weighted by Crippen LogP contribution is 2.32. The van der Waals surface area contributed by atoms with Crippen LogP contribution in [-0.2, 0) is 4.79 Å². The van der Waals surface area contributed by atoms with E-state index in [1.54, 1.807) is 25.6 Å². The van der Waals surface area contributed by atoms with Crippen molar-refractivity contribution in [3.8, 4) is 11.4 Å². The van der Waals surface area contributed by atoms with Gasteiger partial charge in [-0.1, -0.05) is 24.3 Å². The van der Waals surface area contributed by atoms with Gasteiger partial charge in [0.2, 0.25) is 0 Å². The molecule has 2 aliphatic heterocycles. The predicted molar refractivity (Wildman–Crippen MR) is 123 cm³/mol. The molecule has 33 heavy (non-hydrogen) atoms. The van der Waals surface area contributed by atoms with Crippen LogP contribution < -0.4 is 4.74 Å². The lowest BCUT2D eigenvalue weighted by Crippen LogP contribution is -2.49. The van der Waals surface area contributed by atoms with Crippen molar-refractivity contribution in [1.82, 2.24) is 19.6 Å². The average molecular weight is 445 g/mol. The molecule has 0 aliphatic carbocycles. The molecule has 3 aromatic rings. The molecule has 3 heterocycles. The third-order valence-electron chi connectivity index (χ3n) is 5.89. The van der Waals surface area contributed by atoms with Crippen molar-refractivity contribution < 1.29 is 13.9 Å². The van der Waals surface area contributed by atoms with E-state index < -0.39 is 6.04 Å². The number of hydrogen-bond acceptors (Lipinski definition) is 5. The molecule has 0 bridgehead atoms. The highest BCUT2D eigenvalue weighted by atomic mass is 19.1. The summed E-state index contributed by atoms with van der Waals surface area (Å²) < 4.78 is 20.9. The maximum absolute atomic E-state index is 13.4. The van der Waals surface area contributed by atoms with Crippen LogP contribution in [0.3, 0.4) is 0 Å². The van der Waals surface area contributed by atoms with E-state index in [1.807, 2.05) is 58.1 Å². The van der Waals surface area contributed by atoms with E-state index in [0.717, 1.165) is 47.8 Å². The number of carbonyl (C=O) groups is 1. The van der Waals surface area contributed by atoms with E-state index in [-0.39, 0.29) is 11.7 Å². The first-order valence-corrected chi connectivity index (χ1v) is 10.8. The number of amidine groups is 1. The first-order valence-electron chi connectivity index (χ1n) is 10.8. The number of halogens is 1. The first-order chi connectivity index (χ1) is 16.0. The monoisotopic (exact) mass is 445 g/mol. The molecule has 0 saturated carbocycles. The lowest BCUT2D eigenvalue weighted by atomic mass is 10.0. The minimum atomic E-state index is -0.525. The van der Waals surface area contributed by atoms with Gasteiger partial charge < -0.3 is 9.30 Å². The van der Waals surface area contributed by atoms with Gasteiger partial charge in [0.1, 0.15) is 23.4 Å². The zero-order valence-electron chi connectivity index (χ0n) is 18.5. The number of carbonyl (C=O) groups excluding carboxylic acids is 1. The topological polar surface area (TPSA) is 63.0 Å². The molecule has 1 aromatic heterocycles. The number of hydrazine groups is 1. The van der Waals surface area contributed by atoms with Gasteiger partial charge in [-0.2, -0.15) is 4.99 Å². The Morgan fingerprint density at radius 3 is 2.67 bits per heavy atom. The summed E-state index contributed by atoms with van der Waals surface area (Å²) in [5.41, 5.74) is 3.49. The van der Waals surface area contributed by atoms with Gasteiger partial charge in [0.15, 0.2) is 0 Å². The molecule has 168 valence electrons. The Bertz CT molecular complexity index is 1250. The predicted octanol–water partition coefficient (Wildman–Crippen LogP) is 3.94. The van der Waals surface area contributed by atoms with Gasteiger partial charge in [0, 0.05) is 19.3 Å². The Balaban J connectivity index is 1.42. The van der Waals surface area contributed by atoms with E-state index in [0.29, 0.717) is 5.84 Å². The van der Waals surface area contributed by atoms with E-state index in [9.17, 15) is 9.18 Å². The maximum Gasteiger partial charge on any atom is 0.271 e. The summed E-state index contributed by atoms with van der Waals surface area (Å²) in [6.45, 7) is 3.46. The zero-order chi connectivity index (χ0) is 22.9. The highest BCUT2D eigenvalue weighted by Gasteiger charge is 2.39. The summed E-state index contributed by atoms with van der Waals surface area (Å²) in [4.78, 5) is 21.6. The van der Waals surface area contributed by atoms with Gasteiger partial charge in [0.25, 0.3) is 5.91 Å². The second-order valence-electron chi connectivity index (χ2n) is 8.09. The van der Waals surface area contributed by atoms with Crippen LogP contribution in [0.15, 0.2) is 66.1 Å². The number of imidazole rings is 1. The fourth-order valence-electron chi connectivity index (χ4n) is 4.32. The fourth-order valence-corrected chi connectivity index (χ4v) is 4.32. The van der Waals surface area contributed by atoms with E-state index in [4.69, 9.17) is 4.74 Å². The number of methoxy groups -OCH3 is 1. The third-order valence-corrected chi connectivity index (χ3v) is 5.89. The number of rotatable bonds is 5. The summed E-state index contributed by atoms with van der Waals surface area (Å²) in [7, 11) is 1.64. The van der Waals surface area contributed by atoms with Crippen molar-refractivity contribution in [2.75, 3.05) is 20.2 Å². The molecular weight excluding hydrogens is 421 g/mol. The number of amides is 1. The van der Waals surface area contributed by atoms with Crippen LogP contribution in [0.25, 0.3) is 11.8 Å². The van der Waals surface area contributed by atoms with Crippen LogP contribution in [0.2, 0.25) is 0 Å². The van der Waals surface area contributed by atoms with Gasteiger partial charge >= 0.3 is 0 Å². The molecule has 1 amide bonds. The lowest BCUT2D eigenvalue weighted by Gasteiger charge is -2.38. The van der Waals surface area contributed by atoms with E-state index in [2.05, 4.69) is 9.98 Å². The van der Waals surface area contributed by atoms with Gasteiger partial charge in [0.05, 0.1) is 24.8 Å². The van der Waals surface area contributed by atoms with Crippen molar-refractivity contribution >= 4 is 17.8 Å². The normalized spacial score (nSPS) is 18.6. The van der Waals surface area contributed by atoms with Gasteiger partial charge in [-0.05, 0) is 54.8 Å². The number of ether oxygens (including phenoxy) is 1. The quantitative estimate of drug-likeness (QED) is 0.595. The second kappa shape index (κ2) is 8.63. The van der Waals surface area contributed by atoms with Gasteiger partial charge in [-0.3, -0.25) is 9.80 Å². The maximum atomic E-state index is 13.4. The molecule has 0 spiro atoms. The minimum Gasteiger partial charge on any atom is -0.495 e. The lowest BCUT2D eigenvalue weighted by molar-refractivity contribution is -0.129. The van der Waals surface area contributed by atoms with Crippen molar-refractivity contribution in [3.63, 3.8) is 0 Å². The number of benzene rings is 2. The molecule has 1 fully saturated rings.